The van der Waals surface area contributed by atoms with Crippen LogP contribution in [0.15, 0.2) is 12.1 Å². The topological polar surface area (TPSA) is 26.0 Å². The lowest BCUT2D eigenvalue weighted by molar-refractivity contribution is -0.0113. The van der Waals surface area contributed by atoms with E-state index in [4.69, 9.17) is 5.73 Å². The molecule has 2 N–H and O–H groups in total. The molecule has 84 valence electrons. The fourth-order valence-electron chi connectivity index (χ4n) is 1.67. The molecule has 0 saturated heterocycles. The molecule has 0 aliphatic carbocycles. The molecule has 1 aromatic rings. The lowest BCUT2D eigenvalue weighted by Gasteiger charge is -2.19. The van der Waals surface area contributed by atoms with Crippen molar-refractivity contribution in [3.05, 3.63) is 34.4 Å². The van der Waals surface area contributed by atoms with Crippen LogP contribution < -0.4 is 5.73 Å². The first-order valence-corrected chi connectivity index (χ1v) is 5.04. The van der Waals surface area contributed by atoms with Gasteiger partial charge in [-0.3, -0.25) is 0 Å². The summed E-state index contributed by atoms with van der Waals surface area (Å²) in [6, 6.07) is 3.37. The van der Waals surface area contributed by atoms with Gasteiger partial charge < -0.3 is 5.73 Å². The summed E-state index contributed by atoms with van der Waals surface area (Å²) in [5.74, 6) is -2.81. The number of hydrogen-bond donors (Lipinski definition) is 1. The summed E-state index contributed by atoms with van der Waals surface area (Å²) in [4.78, 5) is 0. The van der Waals surface area contributed by atoms with Crippen molar-refractivity contribution in [2.24, 2.45) is 5.73 Å². The zero-order valence-electron chi connectivity index (χ0n) is 9.40. The van der Waals surface area contributed by atoms with E-state index < -0.39 is 5.92 Å². The summed E-state index contributed by atoms with van der Waals surface area (Å²) in [5, 5.41) is 0. The average molecular weight is 213 g/mol. The van der Waals surface area contributed by atoms with Gasteiger partial charge in [0.1, 0.15) is 0 Å². The van der Waals surface area contributed by atoms with E-state index in [0.717, 1.165) is 11.1 Å². The van der Waals surface area contributed by atoms with E-state index in [9.17, 15) is 8.78 Å². The van der Waals surface area contributed by atoms with Gasteiger partial charge in [-0.05, 0) is 50.1 Å². The first-order valence-electron chi connectivity index (χ1n) is 5.04. The molecule has 0 saturated carbocycles. The molecular weight excluding hydrogens is 196 g/mol. The third-order valence-electron chi connectivity index (χ3n) is 2.69. The smallest absolute Gasteiger partial charge is 0.274 e. The van der Waals surface area contributed by atoms with Gasteiger partial charge in [-0.2, -0.15) is 0 Å². The second-order valence-corrected chi connectivity index (χ2v) is 3.99. The van der Waals surface area contributed by atoms with Crippen molar-refractivity contribution < 1.29 is 8.78 Å². The molecule has 1 nitrogen and oxygen atoms in total. The van der Waals surface area contributed by atoms with Crippen LogP contribution in [0.1, 0.15) is 28.7 Å². The summed E-state index contributed by atoms with van der Waals surface area (Å²) in [6.07, 6.45) is -0.295. The molecule has 0 fully saturated rings. The van der Waals surface area contributed by atoms with E-state index in [1.165, 1.54) is 0 Å². The van der Waals surface area contributed by atoms with Crippen molar-refractivity contribution >= 4 is 0 Å². The predicted octanol–water partition coefficient (Wildman–Crippen LogP) is 3.05. The summed E-state index contributed by atoms with van der Waals surface area (Å²) in [6.45, 7) is 5.48. The minimum absolute atomic E-state index is 0.000631. The number of hydrogen-bond acceptors (Lipinski definition) is 1. The number of nitrogens with two attached hydrogens (primary N) is 1. The molecule has 0 aromatic heterocycles. The molecule has 0 bridgehead atoms. The first kappa shape index (κ1) is 12.1. The number of aryl methyl sites for hydroxylation is 3. The minimum Gasteiger partial charge on any atom is -0.330 e. The summed E-state index contributed by atoms with van der Waals surface area (Å²) >= 11 is 0. The highest BCUT2D eigenvalue weighted by Crippen LogP contribution is 2.34. The van der Waals surface area contributed by atoms with Crippen LogP contribution >= 0.6 is 0 Å². The highest BCUT2D eigenvalue weighted by molar-refractivity contribution is 5.38. The third kappa shape index (κ3) is 2.53. The fraction of sp³-hybridized carbons (Fsp3) is 0.500. The van der Waals surface area contributed by atoms with Crippen LogP contribution in [-0.2, 0) is 5.92 Å². The van der Waals surface area contributed by atoms with Crippen molar-refractivity contribution in [3.63, 3.8) is 0 Å². The average Bonchev–Trinajstić information content (AvgIpc) is 2.11. The lowest BCUT2D eigenvalue weighted by Crippen LogP contribution is -2.20. The Bertz CT molecular complexity index is 359. The van der Waals surface area contributed by atoms with Crippen molar-refractivity contribution in [2.75, 3.05) is 6.54 Å². The summed E-state index contributed by atoms with van der Waals surface area (Å²) < 4.78 is 27.3. The normalized spacial score (nSPS) is 11.9. The molecule has 3 heteroatoms. The molecule has 15 heavy (non-hydrogen) atoms. The maximum atomic E-state index is 13.6. The van der Waals surface area contributed by atoms with Crippen molar-refractivity contribution in [2.45, 2.75) is 33.1 Å². The van der Waals surface area contributed by atoms with Gasteiger partial charge in [0.25, 0.3) is 5.92 Å². The molecule has 0 amide bonds. The zero-order chi connectivity index (χ0) is 11.6. The standard InChI is InChI=1S/C12H17F2N/c1-8-6-10(3)11(7-9(8)2)12(13,14)4-5-15/h6-7H,4-5,15H2,1-3H3. The van der Waals surface area contributed by atoms with E-state index >= 15 is 0 Å². The molecule has 0 unspecified atom stereocenters. The number of rotatable bonds is 3. The SMILES string of the molecule is Cc1cc(C)c(C(F)(F)CCN)cc1C. The Hall–Kier alpha value is -0.960. The molecule has 0 heterocycles. The molecule has 0 aliphatic heterocycles. The van der Waals surface area contributed by atoms with Crippen LogP contribution in [0.3, 0.4) is 0 Å². The molecule has 0 spiro atoms. The Balaban J connectivity index is 3.19. The van der Waals surface area contributed by atoms with Gasteiger partial charge in [0.05, 0.1) is 0 Å². The number of halogens is 2. The first-order chi connectivity index (χ1) is 6.88. The molecule has 0 atom stereocenters. The molecular formula is C12H17F2N. The van der Waals surface area contributed by atoms with Gasteiger partial charge >= 0.3 is 0 Å². The van der Waals surface area contributed by atoms with Crippen LogP contribution in [0.4, 0.5) is 8.78 Å². The van der Waals surface area contributed by atoms with Crippen LogP contribution in [0.25, 0.3) is 0 Å². The highest BCUT2D eigenvalue weighted by atomic mass is 19.3. The second kappa shape index (κ2) is 4.27. The molecule has 1 rings (SSSR count). The van der Waals surface area contributed by atoms with Crippen LogP contribution in [-0.4, -0.2) is 6.54 Å². The fourth-order valence-corrected chi connectivity index (χ4v) is 1.67. The summed E-state index contributed by atoms with van der Waals surface area (Å²) in [7, 11) is 0. The van der Waals surface area contributed by atoms with Gasteiger partial charge in [-0.15, -0.1) is 0 Å². The van der Waals surface area contributed by atoms with Gasteiger partial charge in [0.15, 0.2) is 0 Å². The van der Waals surface area contributed by atoms with Crippen molar-refractivity contribution in [1.29, 1.82) is 0 Å². The zero-order valence-corrected chi connectivity index (χ0v) is 9.40. The Kier molecular flexibility index (Phi) is 3.45. The minimum atomic E-state index is -2.81. The maximum absolute atomic E-state index is 13.6. The van der Waals surface area contributed by atoms with E-state index in [2.05, 4.69) is 0 Å². The predicted molar refractivity (Wildman–Crippen MR) is 58.2 cm³/mol. The Morgan fingerprint density at radius 1 is 1.07 bits per heavy atom. The van der Waals surface area contributed by atoms with Crippen molar-refractivity contribution in [1.82, 2.24) is 0 Å². The van der Waals surface area contributed by atoms with Gasteiger partial charge in [-0.25, -0.2) is 8.78 Å². The van der Waals surface area contributed by atoms with Gasteiger partial charge in [-0.1, -0.05) is 6.07 Å². The summed E-state index contributed by atoms with van der Waals surface area (Å²) in [5.41, 5.74) is 7.87. The monoisotopic (exact) mass is 213 g/mol. The van der Waals surface area contributed by atoms with E-state index in [0.29, 0.717) is 5.56 Å². The Labute approximate surface area is 89.3 Å². The van der Waals surface area contributed by atoms with Crippen LogP contribution in [0.5, 0.6) is 0 Å². The number of alkyl halides is 2. The van der Waals surface area contributed by atoms with Crippen LogP contribution in [0, 0.1) is 20.8 Å². The van der Waals surface area contributed by atoms with Gasteiger partial charge in [0.2, 0.25) is 0 Å². The van der Waals surface area contributed by atoms with E-state index in [-0.39, 0.29) is 18.5 Å². The highest BCUT2D eigenvalue weighted by Gasteiger charge is 2.32. The molecule has 1 aromatic carbocycles. The van der Waals surface area contributed by atoms with E-state index in [1.54, 1.807) is 19.1 Å². The molecule has 0 radical (unpaired) electrons. The van der Waals surface area contributed by atoms with Crippen molar-refractivity contribution in [3.8, 4) is 0 Å². The van der Waals surface area contributed by atoms with Gasteiger partial charge in [0, 0.05) is 12.0 Å². The Morgan fingerprint density at radius 2 is 1.60 bits per heavy atom. The van der Waals surface area contributed by atoms with E-state index in [1.807, 2.05) is 13.8 Å². The second-order valence-electron chi connectivity index (χ2n) is 3.99. The largest absolute Gasteiger partial charge is 0.330 e. The maximum Gasteiger partial charge on any atom is 0.274 e. The third-order valence-corrected chi connectivity index (χ3v) is 2.69. The molecule has 0 aliphatic rings. The quantitative estimate of drug-likeness (QED) is 0.820. The lowest BCUT2D eigenvalue weighted by atomic mass is 9.95. The number of benzene rings is 1. The van der Waals surface area contributed by atoms with Crippen LogP contribution in [0.2, 0.25) is 0 Å². The Morgan fingerprint density at radius 3 is 2.13 bits per heavy atom.